The van der Waals surface area contributed by atoms with Crippen molar-refractivity contribution in [3.05, 3.63) is 57.4 Å². The smallest absolute Gasteiger partial charge is 0.416 e. The Bertz CT molecular complexity index is 1010. The number of carbonyl (C=O) groups excluding carboxylic acids is 1. The first-order chi connectivity index (χ1) is 15.6. The average Bonchev–Trinajstić information content (AvgIpc) is 2.78. The molecular weight excluding hydrogens is 448 g/mol. The summed E-state index contributed by atoms with van der Waals surface area (Å²) in [6.45, 7) is 1.20. The highest BCUT2D eigenvalue weighted by Crippen LogP contribution is 2.34. The molecule has 178 valence electrons. The number of ether oxygens (including phenoxy) is 1. The maximum atomic E-state index is 13.8. The van der Waals surface area contributed by atoms with Crippen molar-refractivity contribution < 1.29 is 32.0 Å². The van der Waals surface area contributed by atoms with Gasteiger partial charge in [0.1, 0.15) is 11.6 Å². The summed E-state index contributed by atoms with van der Waals surface area (Å²) in [5.41, 5.74) is -1.76. The molecule has 0 unspecified atom stereocenters. The van der Waals surface area contributed by atoms with Gasteiger partial charge in [-0.1, -0.05) is 0 Å². The number of carbonyl (C=O) groups is 1. The molecule has 0 saturated carbocycles. The molecule has 0 bridgehead atoms. The van der Waals surface area contributed by atoms with E-state index in [-0.39, 0.29) is 31.3 Å². The minimum absolute atomic E-state index is 0.0128. The second-order valence-corrected chi connectivity index (χ2v) is 7.48. The van der Waals surface area contributed by atoms with Crippen molar-refractivity contribution in [2.45, 2.75) is 31.9 Å². The molecule has 3 rings (SSSR count). The molecule has 0 atom stereocenters. The first-order valence-electron chi connectivity index (χ1n) is 10.3. The van der Waals surface area contributed by atoms with Crippen LogP contribution in [0.4, 0.5) is 29.1 Å². The summed E-state index contributed by atoms with van der Waals surface area (Å²) in [5, 5.41) is 13.2. The lowest BCUT2D eigenvalue weighted by molar-refractivity contribution is -0.384. The van der Waals surface area contributed by atoms with Crippen LogP contribution < -0.4 is 15.0 Å². The number of hydrogen-bond donors (Lipinski definition) is 1. The maximum Gasteiger partial charge on any atom is 0.416 e. The highest BCUT2D eigenvalue weighted by Gasteiger charge is 2.32. The average molecular weight is 470 g/mol. The lowest BCUT2D eigenvalue weighted by Crippen LogP contribution is -2.30. The van der Waals surface area contributed by atoms with Gasteiger partial charge >= 0.3 is 6.18 Å². The molecule has 1 aliphatic rings. The van der Waals surface area contributed by atoms with Crippen LogP contribution in [0.1, 0.15) is 41.6 Å². The molecule has 33 heavy (non-hydrogen) atoms. The first kappa shape index (κ1) is 24.2. The van der Waals surface area contributed by atoms with Gasteiger partial charge in [-0.2, -0.15) is 18.2 Å². The number of pyridine rings is 1. The van der Waals surface area contributed by atoms with E-state index < -0.39 is 39.6 Å². The van der Waals surface area contributed by atoms with Crippen LogP contribution in [0.15, 0.2) is 30.3 Å². The predicted molar refractivity (Wildman–Crippen MR) is 111 cm³/mol. The topological polar surface area (TPSA) is 97.6 Å². The maximum absolute atomic E-state index is 13.8. The highest BCUT2D eigenvalue weighted by molar-refractivity contribution is 5.95. The fourth-order valence-corrected chi connectivity index (χ4v) is 3.36. The molecule has 0 radical (unpaired) electrons. The van der Waals surface area contributed by atoms with Gasteiger partial charge < -0.3 is 15.0 Å². The van der Waals surface area contributed by atoms with E-state index in [1.807, 2.05) is 0 Å². The van der Waals surface area contributed by atoms with Gasteiger partial charge in [0.2, 0.25) is 5.88 Å². The van der Waals surface area contributed by atoms with Gasteiger partial charge in [0.05, 0.1) is 22.7 Å². The Balaban J connectivity index is 1.57. The van der Waals surface area contributed by atoms with Gasteiger partial charge in [-0.15, -0.1) is 0 Å². The van der Waals surface area contributed by atoms with Crippen molar-refractivity contribution in [1.29, 1.82) is 0 Å². The molecule has 8 nitrogen and oxygen atoms in total. The summed E-state index contributed by atoms with van der Waals surface area (Å²) in [4.78, 5) is 28.1. The van der Waals surface area contributed by atoms with Crippen LogP contribution in [-0.2, 0) is 6.18 Å². The van der Waals surface area contributed by atoms with Gasteiger partial charge in [-0.25, -0.2) is 4.39 Å². The number of piperidine rings is 1. The number of halogens is 4. The standard InChI is InChI=1S/C21H22F4N4O4/c22-17-6-5-15(29(31)32)13-16(17)20(30)26-7-4-10-33-19-12-14(21(23,24)25)11-18(27-19)28-8-2-1-3-9-28/h5-6,11-13H,1-4,7-10H2,(H,26,30). The zero-order valence-electron chi connectivity index (χ0n) is 17.5. The third kappa shape index (κ3) is 6.53. The molecule has 0 aliphatic carbocycles. The van der Waals surface area contributed by atoms with Crippen LogP contribution in [0, 0.1) is 15.9 Å². The number of nitrogens with one attached hydrogen (secondary N) is 1. The minimum atomic E-state index is -4.55. The number of anilines is 1. The summed E-state index contributed by atoms with van der Waals surface area (Å²) in [6, 6.07) is 4.43. The lowest BCUT2D eigenvalue weighted by Gasteiger charge is -2.28. The van der Waals surface area contributed by atoms with Crippen LogP contribution in [0.2, 0.25) is 0 Å². The number of rotatable bonds is 8. The molecule has 0 spiro atoms. The molecule has 2 aromatic rings. The number of alkyl halides is 3. The Morgan fingerprint density at radius 1 is 1.18 bits per heavy atom. The normalized spacial score (nSPS) is 14.1. The Hall–Kier alpha value is -3.44. The van der Waals surface area contributed by atoms with Gasteiger partial charge in [0.25, 0.3) is 11.6 Å². The molecule has 1 N–H and O–H groups in total. The van der Waals surface area contributed by atoms with E-state index in [0.717, 1.165) is 49.6 Å². The number of nitro benzene ring substituents is 1. The molecule has 2 heterocycles. The van der Waals surface area contributed by atoms with Crippen molar-refractivity contribution in [3.63, 3.8) is 0 Å². The van der Waals surface area contributed by atoms with E-state index in [1.54, 1.807) is 4.90 Å². The first-order valence-corrected chi connectivity index (χ1v) is 10.3. The second kappa shape index (κ2) is 10.5. The fraction of sp³-hybridized carbons (Fsp3) is 0.429. The SMILES string of the molecule is O=C(NCCCOc1cc(C(F)(F)F)cc(N2CCCCC2)n1)c1cc([N+](=O)[O-])ccc1F. The lowest BCUT2D eigenvalue weighted by atomic mass is 10.1. The Kier molecular flexibility index (Phi) is 7.67. The monoisotopic (exact) mass is 470 g/mol. The molecule has 1 aromatic carbocycles. The number of non-ortho nitro benzene ring substituents is 1. The van der Waals surface area contributed by atoms with E-state index in [4.69, 9.17) is 4.74 Å². The summed E-state index contributed by atoms with van der Waals surface area (Å²) >= 11 is 0. The Labute approximate surface area is 186 Å². The highest BCUT2D eigenvalue weighted by atomic mass is 19.4. The molecule has 1 fully saturated rings. The van der Waals surface area contributed by atoms with Crippen molar-refractivity contribution >= 4 is 17.4 Å². The van der Waals surface area contributed by atoms with Crippen LogP contribution >= 0.6 is 0 Å². The zero-order valence-corrected chi connectivity index (χ0v) is 17.5. The Morgan fingerprint density at radius 2 is 1.91 bits per heavy atom. The minimum Gasteiger partial charge on any atom is -0.478 e. The number of aromatic nitrogens is 1. The van der Waals surface area contributed by atoms with Gasteiger partial charge in [-0.05, 0) is 37.8 Å². The van der Waals surface area contributed by atoms with E-state index in [9.17, 15) is 32.5 Å². The number of nitro groups is 1. The van der Waals surface area contributed by atoms with Crippen molar-refractivity contribution in [2.75, 3.05) is 31.1 Å². The largest absolute Gasteiger partial charge is 0.478 e. The zero-order chi connectivity index (χ0) is 24.0. The van der Waals surface area contributed by atoms with E-state index in [0.29, 0.717) is 13.1 Å². The van der Waals surface area contributed by atoms with Crippen molar-refractivity contribution in [2.24, 2.45) is 0 Å². The van der Waals surface area contributed by atoms with Crippen LogP contribution in [0.25, 0.3) is 0 Å². The van der Waals surface area contributed by atoms with Crippen molar-refractivity contribution in [3.8, 4) is 5.88 Å². The Morgan fingerprint density at radius 3 is 2.58 bits per heavy atom. The van der Waals surface area contributed by atoms with Crippen LogP contribution in [0.3, 0.4) is 0 Å². The van der Waals surface area contributed by atoms with E-state index in [1.165, 1.54) is 0 Å². The predicted octanol–water partition coefficient (Wildman–Crippen LogP) is 4.34. The summed E-state index contributed by atoms with van der Waals surface area (Å²) in [6.07, 6.45) is -1.59. The van der Waals surface area contributed by atoms with Gasteiger partial charge in [0.15, 0.2) is 0 Å². The van der Waals surface area contributed by atoms with Crippen LogP contribution in [0.5, 0.6) is 5.88 Å². The fourth-order valence-electron chi connectivity index (χ4n) is 3.36. The number of benzene rings is 1. The molecular formula is C21H22F4N4O4. The molecule has 1 aliphatic heterocycles. The molecule has 1 amide bonds. The second-order valence-electron chi connectivity index (χ2n) is 7.48. The molecule has 1 aromatic heterocycles. The quantitative estimate of drug-likeness (QED) is 0.267. The molecule has 12 heteroatoms. The number of hydrogen-bond acceptors (Lipinski definition) is 6. The van der Waals surface area contributed by atoms with E-state index in [2.05, 4.69) is 10.3 Å². The van der Waals surface area contributed by atoms with E-state index >= 15 is 0 Å². The summed E-state index contributed by atoms with van der Waals surface area (Å²) in [7, 11) is 0. The van der Waals surface area contributed by atoms with Gasteiger partial charge in [-0.3, -0.25) is 14.9 Å². The summed E-state index contributed by atoms with van der Waals surface area (Å²) < 4.78 is 59.1. The van der Waals surface area contributed by atoms with Gasteiger partial charge in [0, 0.05) is 37.8 Å². The number of amides is 1. The number of nitrogens with zero attached hydrogens (tertiary/aromatic N) is 3. The summed E-state index contributed by atoms with van der Waals surface area (Å²) in [5.74, 6) is -1.73. The van der Waals surface area contributed by atoms with Crippen LogP contribution in [-0.4, -0.2) is 42.1 Å². The third-order valence-corrected chi connectivity index (χ3v) is 5.06. The molecule has 1 saturated heterocycles. The van der Waals surface area contributed by atoms with Crippen molar-refractivity contribution in [1.82, 2.24) is 10.3 Å². The third-order valence-electron chi connectivity index (χ3n) is 5.06.